The van der Waals surface area contributed by atoms with E-state index < -0.39 is 5.91 Å². The Morgan fingerprint density at radius 2 is 1.87 bits per heavy atom. The van der Waals surface area contributed by atoms with Crippen LogP contribution in [0.4, 0.5) is 5.69 Å². The Bertz CT molecular complexity index is 438. The molecule has 4 nitrogen and oxygen atoms in total. The predicted molar refractivity (Wildman–Crippen MR) is 56.8 cm³/mol. The minimum Gasteiger partial charge on any atom is -0.359 e. The van der Waals surface area contributed by atoms with Gasteiger partial charge < -0.3 is 11.1 Å². The van der Waals surface area contributed by atoms with Crippen LogP contribution in [0.25, 0.3) is 0 Å². The summed E-state index contributed by atoms with van der Waals surface area (Å²) in [7, 11) is 0. The van der Waals surface area contributed by atoms with Gasteiger partial charge in [0.25, 0.3) is 5.91 Å². The average Bonchev–Trinajstić information content (AvgIpc) is 2.16. The molecule has 76 valence electrons. The van der Waals surface area contributed by atoms with E-state index in [2.05, 4.69) is 17.2 Å². The van der Waals surface area contributed by atoms with Gasteiger partial charge in [0.1, 0.15) is 0 Å². The molecule has 0 heterocycles. The first-order valence-corrected chi connectivity index (χ1v) is 4.27. The fourth-order valence-corrected chi connectivity index (χ4v) is 0.974. The molecule has 0 fully saturated rings. The molecule has 0 spiro atoms. The molecule has 0 atom stereocenters. The maximum absolute atomic E-state index is 10.7. The average molecular weight is 202 g/mol. The van der Waals surface area contributed by atoms with Crippen molar-refractivity contribution in [2.24, 2.45) is 5.73 Å². The SMILES string of the molecule is CC(=O)Nc1ccc(C#CC(N)=O)cc1. The fraction of sp³-hybridized carbons (Fsp3) is 0.0909. The van der Waals surface area contributed by atoms with E-state index in [-0.39, 0.29) is 5.91 Å². The van der Waals surface area contributed by atoms with Crippen molar-refractivity contribution in [3.63, 3.8) is 0 Å². The Kier molecular flexibility index (Phi) is 3.47. The summed E-state index contributed by atoms with van der Waals surface area (Å²) in [5.41, 5.74) is 6.22. The number of primary amides is 1. The molecule has 0 aliphatic carbocycles. The summed E-state index contributed by atoms with van der Waals surface area (Å²) in [5, 5.41) is 2.62. The largest absolute Gasteiger partial charge is 0.359 e. The van der Waals surface area contributed by atoms with Crippen molar-refractivity contribution in [1.29, 1.82) is 0 Å². The number of hydrogen-bond donors (Lipinski definition) is 2. The van der Waals surface area contributed by atoms with E-state index in [9.17, 15) is 9.59 Å². The lowest BCUT2D eigenvalue weighted by Gasteiger charge is -2.00. The van der Waals surface area contributed by atoms with Gasteiger partial charge in [0, 0.05) is 18.2 Å². The lowest BCUT2D eigenvalue weighted by molar-refractivity contribution is -0.114. The van der Waals surface area contributed by atoms with Crippen molar-refractivity contribution in [1.82, 2.24) is 0 Å². The number of nitrogens with one attached hydrogen (secondary N) is 1. The number of carbonyl (C=O) groups is 2. The molecule has 1 rings (SSSR count). The predicted octanol–water partition coefficient (Wildman–Crippen LogP) is 0.482. The van der Waals surface area contributed by atoms with Crippen LogP contribution in [0.3, 0.4) is 0 Å². The summed E-state index contributed by atoms with van der Waals surface area (Å²) < 4.78 is 0. The van der Waals surface area contributed by atoms with Crippen molar-refractivity contribution in [2.75, 3.05) is 5.32 Å². The van der Waals surface area contributed by atoms with Gasteiger partial charge in [0.15, 0.2) is 0 Å². The first kappa shape index (κ1) is 10.8. The molecule has 0 saturated carbocycles. The van der Waals surface area contributed by atoms with Gasteiger partial charge in [-0.3, -0.25) is 9.59 Å². The van der Waals surface area contributed by atoms with Crippen molar-refractivity contribution in [2.45, 2.75) is 6.92 Å². The molecular weight excluding hydrogens is 192 g/mol. The third kappa shape index (κ3) is 3.96. The monoisotopic (exact) mass is 202 g/mol. The number of carbonyl (C=O) groups excluding carboxylic acids is 2. The lowest BCUT2D eigenvalue weighted by atomic mass is 10.2. The van der Waals surface area contributed by atoms with Crippen molar-refractivity contribution in [3.05, 3.63) is 29.8 Å². The van der Waals surface area contributed by atoms with E-state index >= 15 is 0 Å². The van der Waals surface area contributed by atoms with Crippen LogP contribution in [-0.4, -0.2) is 11.8 Å². The molecule has 2 amide bonds. The Morgan fingerprint density at radius 3 is 2.33 bits per heavy atom. The molecule has 0 radical (unpaired) electrons. The number of rotatable bonds is 1. The molecule has 3 N–H and O–H groups in total. The van der Waals surface area contributed by atoms with Gasteiger partial charge in [-0.1, -0.05) is 5.92 Å². The van der Waals surface area contributed by atoms with Crippen LogP contribution in [0.1, 0.15) is 12.5 Å². The maximum atomic E-state index is 10.7. The maximum Gasteiger partial charge on any atom is 0.293 e. The van der Waals surface area contributed by atoms with Crippen LogP contribution < -0.4 is 11.1 Å². The van der Waals surface area contributed by atoms with Crippen LogP contribution in [-0.2, 0) is 9.59 Å². The van der Waals surface area contributed by atoms with E-state index in [4.69, 9.17) is 5.73 Å². The highest BCUT2D eigenvalue weighted by Gasteiger charge is 1.94. The summed E-state index contributed by atoms with van der Waals surface area (Å²) in [6, 6.07) is 6.79. The number of amides is 2. The molecular formula is C11H10N2O2. The second kappa shape index (κ2) is 4.82. The number of hydrogen-bond acceptors (Lipinski definition) is 2. The standard InChI is InChI=1S/C11H10N2O2/c1-8(14)13-10-5-2-9(3-6-10)4-7-11(12)15/h2-3,5-6H,1H3,(H2,12,15)(H,13,14). The summed E-state index contributed by atoms with van der Waals surface area (Å²) >= 11 is 0. The Balaban J connectivity index is 2.78. The van der Waals surface area contributed by atoms with E-state index in [1.807, 2.05) is 0 Å². The second-order valence-electron chi connectivity index (χ2n) is 2.87. The van der Waals surface area contributed by atoms with Crippen molar-refractivity contribution in [3.8, 4) is 11.8 Å². The summed E-state index contributed by atoms with van der Waals surface area (Å²) in [6.45, 7) is 1.43. The van der Waals surface area contributed by atoms with E-state index in [1.165, 1.54) is 6.92 Å². The van der Waals surface area contributed by atoms with Crippen molar-refractivity contribution < 1.29 is 9.59 Å². The third-order valence-electron chi connectivity index (χ3n) is 1.54. The Hall–Kier alpha value is -2.28. The van der Waals surface area contributed by atoms with E-state index in [1.54, 1.807) is 24.3 Å². The zero-order valence-electron chi connectivity index (χ0n) is 8.20. The number of nitrogens with two attached hydrogens (primary N) is 1. The van der Waals surface area contributed by atoms with Gasteiger partial charge in [-0.15, -0.1) is 0 Å². The fourth-order valence-electron chi connectivity index (χ4n) is 0.974. The third-order valence-corrected chi connectivity index (χ3v) is 1.54. The quantitative estimate of drug-likeness (QED) is 0.650. The lowest BCUT2D eigenvalue weighted by Crippen LogP contribution is -2.06. The summed E-state index contributed by atoms with van der Waals surface area (Å²) in [6.07, 6.45) is 0. The topological polar surface area (TPSA) is 72.2 Å². The molecule has 1 aromatic carbocycles. The Labute approximate surface area is 87.5 Å². The Morgan fingerprint density at radius 1 is 1.27 bits per heavy atom. The van der Waals surface area contributed by atoms with Crippen LogP contribution in [0.5, 0.6) is 0 Å². The van der Waals surface area contributed by atoms with Crippen LogP contribution in [0, 0.1) is 11.8 Å². The summed E-state index contributed by atoms with van der Waals surface area (Å²) in [4.78, 5) is 21.1. The summed E-state index contributed by atoms with van der Waals surface area (Å²) in [5.74, 6) is 4.01. The second-order valence-corrected chi connectivity index (χ2v) is 2.87. The highest BCUT2D eigenvalue weighted by Crippen LogP contribution is 2.08. The minimum absolute atomic E-state index is 0.133. The molecule has 0 aromatic heterocycles. The van der Waals surface area contributed by atoms with Gasteiger partial charge >= 0.3 is 0 Å². The van der Waals surface area contributed by atoms with Gasteiger partial charge in [0.05, 0.1) is 0 Å². The zero-order chi connectivity index (χ0) is 11.3. The molecule has 0 saturated heterocycles. The number of benzene rings is 1. The van der Waals surface area contributed by atoms with Crippen molar-refractivity contribution >= 4 is 17.5 Å². The number of anilines is 1. The molecule has 0 bridgehead atoms. The van der Waals surface area contributed by atoms with Gasteiger partial charge in [0.2, 0.25) is 5.91 Å². The normalized spacial score (nSPS) is 8.60. The zero-order valence-corrected chi connectivity index (χ0v) is 8.20. The minimum atomic E-state index is -0.666. The van der Waals surface area contributed by atoms with E-state index in [0.717, 1.165) is 0 Å². The molecule has 0 aliphatic heterocycles. The van der Waals surface area contributed by atoms with Gasteiger partial charge in [-0.25, -0.2) is 0 Å². The molecule has 0 aliphatic rings. The van der Waals surface area contributed by atoms with Crippen LogP contribution in [0.15, 0.2) is 24.3 Å². The smallest absolute Gasteiger partial charge is 0.293 e. The van der Waals surface area contributed by atoms with Gasteiger partial charge in [-0.05, 0) is 30.2 Å². The highest BCUT2D eigenvalue weighted by atomic mass is 16.1. The molecule has 4 heteroatoms. The van der Waals surface area contributed by atoms with Gasteiger partial charge in [-0.2, -0.15) is 0 Å². The molecule has 1 aromatic rings. The highest BCUT2D eigenvalue weighted by molar-refractivity contribution is 5.92. The molecule has 15 heavy (non-hydrogen) atoms. The van der Waals surface area contributed by atoms with Crippen LogP contribution >= 0.6 is 0 Å². The first-order chi connectivity index (χ1) is 7.08. The first-order valence-electron chi connectivity index (χ1n) is 4.27. The van der Waals surface area contributed by atoms with E-state index in [0.29, 0.717) is 11.3 Å². The van der Waals surface area contributed by atoms with Crippen LogP contribution in [0.2, 0.25) is 0 Å². The molecule has 0 unspecified atom stereocenters.